The third-order valence-corrected chi connectivity index (χ3v) is 7.97. The first-order chi connectivity index (χ1) is 15.9. The topological polar surface area (TPSA) is 102 Å². The van der Waals surface area contributed by atoms with E-state index < -0.39 is 5.54 Å². The van der Waals surface area contributed by atoms with E-state index >= 15 is 0 Å². The molecule has 2 aliphatic carbocycles. The summed E-state index contributed by atoms with van der Waals surface area (Å²) < 4.78 is 0. The molecule has 7 nitrogen and oxygen atoms in total. The van der Waals surface area contributed by atoms with Crippen LogP contribution in [-0.4, -0.2) is 27.2 Å². The molecule has 2 N–H and O–H groups in total. The van der Waals surface area contributed by atoms with E-state index in [1.165, 1.54) is 64.2 Å². The van der Waals surface area contributed by atoms with Crippen molar-refractivity contribution in [2.75, 3.05) is 0 Å². The van der Waals surface area contributed by atoms with Crippen molar-refractivity contribution in [3.63, 3.8) is 0 Å². The van der Waals surface area contributed by atoms with Crippen LogP contribution in [0.2, 0.25) is 0 Å². The Morgan fingerprint density at radius 1 is 0.970 bits per heavy atom. The minimum absolute atomic E-state index is 0.0516. The Morgan fingerprint density at radius 3 is 2.15 bits per heavy atom. The van der Waals surface area contributed by atoms with E-state index in [2.05, 4.69) is 0 Å². The summed E-state index contributed by atoms with van der Waals surface area (Å²) in [7, 11) is 0. The second kappa shape index (κ2) is 10.7. The Bertz CT molecular complexity index is 857. The van der Waals surface area contributed by atoms with Crippen LogP contribution in [-0.2, 0) is 17.9 Å². The van der Waals surface area contributed by atoms with Gasteiger partial charge in [0.05, 0.1) is 6.54 Å². The fourth-order valence-corrected chi connectivity index (χ4v) is 6.10. The predicted octanol–water partition coefficient (Wildman–Crippen LogP) is 5.19. The Hall–Kier alpha value is -2.44. The number of rotatable bonds is 9. The minimum atomic E-state index is -0.713. The van der Waals surface area contributed by atoms with Gasteiger partial charge in [0.2, 0.25) is 6.54 Å². The maximum Gasteiger partial charge on any atom is 0.257 e. The largest absolute Gasteiger partial charge is 0.369 e. The molecule has 1 amide bonds. The molecule has 2 fully saturated rings. The molecule has 180 valence electrons. The number of guanidine groups is 1. The van der Waals surface area contributed by atoms with Crippen LogP contribution in [0, 0.1) is 22.0 Å². The standard InChI is InChI=1S/C26H38N4O3/c27-25-28-26(17-21-9-5-2-6-10-21,16-15-20-7-3-1-4-8-20)24(31)29(25)18-22-11-13-23(14-12-22)19-30(32)33/h11-14,20-21H,1-10,15-19H2,(H2,27,28). The highest BCUT2D eigenvalue weighted by atomic mass is 16.6. The van der Waals surface area contributed by atoms with Gasteiger partial charge in [0.1, 0.15) is 5.54 Å². The SMILES string of the molecule is NC1=NC(CCC2CCCCC2)(CC2CCCCC2)C(=O)N1Cc1ccc(C[N+](=O)[O-])cc1. The Morgan fingerprint density at radius 2 is 1.55 bits per heavy atom. The van der Waals surface area contributed by atoms with E-state index in [0.717, 1.165) is 24.8 Å². The second-order valence-electron chi connectivity index (χ2n) is 10.5. The number of carbonyl (C=O) groups excluding carboxylic acids is 1. The molecule has 7 heteroatoms. The number of aliphatic imine (C=N–C) groups is 1. The van der Waals surface area contributed by atoms with E-state index in [-0.39, 0.29) is 17.4 Å². The molecule has 1 aromatic rings. The average Bonchev–Trinajstić information content (AvgIpc) is 3.04. The zero-order valence-corrected chi connectivity index (χ0v) is 19.7. The second-order valence-corrected chi connectivity index (χ2v) is 10.5. The summed E-state index contributed by atoms with van der Waals surface area (Å²) in [6.07, 6.45) is 15.3. The molecule has 0 bridgehead atoms. The van der Waals surface area contributed by atoms with Crippen LogP contribution in [0.4, 0.5) is 0 Å². The molecular weight excluding hydrogens is 416 g/mol. The Balaban J connectivity index is 1.48. The average molecular weight is 455 g/mol. The molecule has 4 rings (SSSR count). The third-order valence-electron chi connectivity index (χ3n) is 7.97. The van der Waals surface area contributed by atoms with Crippen LogP contribution in [0.1, 0.15) is 94.6 Å². The van der Waals surface area contributed by atoms with E-state index in [1.54, 1.807) is 17.0 Å². The number of nitrogens with zero attached hydrogens (tertiary/aromatic N) is 3. The van der Waals surface area contributed by atoms with E-state index in [9.17, 15) is 14.9 Å². The van der Waals surface area contributed by atoms with Crippen molar-refractivity contribution in [1.29, 1.82) is 0 Å². The molecule has 0 saturated heterocycles. The summed E-state index contributed by atoms with van der Waals surface area (Å²) in [5.41, 5.74) is 7.22. The molecule has 1 aromatic carbocycles. The summed E-state index contributed by atoms with van der Waals surface area (Å²) in [4.78, 5) is 30.8. The highest BCUT2D eigenvalue weighted by molar-refractivity contribution is 6.06. The maximum atomic E-state index is 13.8. The number of hydrogen-bond donors (Lipinski definition) is 1. The maximum absolute atomic E-state index is 13.8. The fraction of sp³-hybridized carbons (Fsp3) is 0.692. The lowest BCUT2D eigenvalue weighted by Crippen LogP contribution is -2.45. The number of nitrogens with two attached hydrogens (primary N) is 1. The first kappa shape index (κ1) is 23.7. The van der Waals surface area contributed by atoms with E-state index in [0.29, 0.717) is 29.9 Å². The van der Waals surface area contributed by atoms with Crippen molar-refractivity contribution in [3.05, 3.63) is 45.5 Å². The highest BCUT2D eigenvalue weighted by Crippen LogP contribution is 2.41. The monoisotopic (exact) mass is 454 g/mol. The van der Waals surface area contributed by atoms with Gasteiger partial charge in [-0.25, -0.2) is 4.99 Å². The first-order valence-electron chi connectivity index (χ1n) is 12.8. The minimum Gasteiger partial charge on any atom is -0.369 e. The van der Waals surface area contributed by atoms with Gasteiger partial charge < -0.3 is 5.73 Å². The molecule has 33 heavy (non-hydrogen) atoms. The molecule has 1 unspecified atom stereocenters. The molecule has 1 aliphatic heterocycles. The first-order valence-corrected chi connectivity index (χ1v) is 12.8. The van der Waals surface area contributed by atoms with Crippen molar-refractivity contribution < 1.29 is 9.72 Å². The van der Waals surface area contributed by atoms with Crippen LogP contribution >= 0.6 is 0 Å². The zero-order chi connectivity index (χ0) is 23.3. The van der Waals surface area contributed by atoms with Crippen LogP contribution in [0.25, 0.3) is 0 Å². The molecular formula is C26H38N4O3. The van der Waals surface area contributed by atoms with Gasteiger partial charge in [-0.05, 0) is 36.7 Å². The number of amides is 1. The van der Waals surface area contributed by atoms with Gasteiger partial charge in [0, 0.05) is 10.5 Å². The van der Waals surface area contributed by atoms with E-state index in [4.69, 9.17) is 10.7 Å². The zero-order valence-electron chi connectivity index (χ0n) is 19.7. The lowest BCUT2D eigenvalue weighted by Gasteiger charge is -2.33. The summed E-state index contributed by atoms with van der Waals surface area (Å²) in [6.45, 7) is 0.168. The summed E-state index contributed by atoms with van der Waals surface area (Å²) in [5.74, 6) is 1.63. The van der Waals surface area contributed by atoms with Crippen LogP contribution in [0.15, 0.2) is 29.3 Å². The fourth-order valence-electron chi connectivity index (χ4n) is 6.10. The Kier molecular flexibility index (Phi) is 7.66. The summed E-state index contributed by atoms with van der Waals surface area (Å²) in [5, 5.41) is 10.7. The molecule has 2 saturated carbocycles. The van der Waals surface area contributed by atoms with Crippen LogP contribution in [0.3, 0.4) is 0 Å². The van der Waals surface area contributed by atoms with Gasteiger partial charge in [0.25, 0.3) is 5.91 Å². The van der Waals surface area contributed by atoms with Crippen molar-refractivity contribution in [2.24, 2.45) is 22.6 Å². The smallest absolute Gasteiger partial charge is 0.257 e. The van der Waals surface area contributed by atoms with Gasteiger partial charge in [-0.1, -0.05) is 88.5 Å². The molecule has 0 spiro atoms. The van der Waals surface area contributed by atoms with Gasteiger partial charge in [-0.15, -0.1) is 0 Å². The molecule has 3 aliphatic rings. The number of hydrogen-bond acceptors (Lipinski definition) is 5. The Labute approximate surface area is 197 Å². The molecule has 0 aromatic heterocycles. The molecule has 0 radical (unpaired) electrons. The number of benzene rings is 1. The molecule has 1 atom stereocenters. The lowest BCUT2D eigenvalue weighted by molar-refractivity contribution is -0.496. The van der Waals surface area contributed by atoms with Gasteiger partial charge in [0.15, 0.2) is 5.96 Å². The van der Waals surface area contributed by atoms with Gasteiger partial charge in [-0.2, -0.15) is 0 Å². The van der Waals surface area contributed by atoms with E-state index in [1.807, 2.05) is 12.1 Å². The summed E-state index contributed by atoms with van der Waals surface area (Å²) in [6, 6.07) is 7.21. The lowest BCUT2D eigenvalue weighted by atomic mass is 9.75. The van der Waals surface area contributed by atoms with Crippen molar-refractivity contribution in [3.8, 4) is 0 Å². The van der Waals surface area contributed by atoms with Crippen molar-refractivity contribution in [1.82, 2.24) is 4.90 Å². The normalized spacial score (nSPS) is 24.8. The quantitative estimate of drug-likeness (QED) is 0.410. The number of nitro groups is 1. The van der Waals surface area contributed by atoms with Crippen molar-refractivity contribution in [2.45, 2.75) is 102 Å². The van der Waals surface area contributed by atoms with Gasteiger partial charge >= 0.3 is 0 Å². The van der Waals surface area contributed by atoms with Crippen LogP contribution in [0.5, 0.6) is 0 Å². The van der Waals surface area contributed by atoms with Gasteiger partial charge in [-0.3, -0.25) is 19.8 Å². The van der Waals surface area contributed by atoms with Crippen molar-refractivity contribution >= 4 is 11.9 Å². The molecule has 1 heterocycles. The highest BCUT2D eigenvalue weighted by Gasteiger charge is 2.48. The number of carbonyl (C=O) groups is 1. The predicted molar refractivity (Wildman–Crippen MR) is 129 cm³/mol. The third kappa shape index (κ3) is 5.92. The summed E-state index contributed by atoms with van der Waals surface area (Å²) >= 11 is 0. The van der Waals surface area contributed by atoms with Crippen LogP contribution < -0.4 is 5.73 Å².